The Morgan fingerprint density at radius 2 is 1.20 bits per heavy atom. The number of carbonyl (C=O) groups excluding carboxylic acids is 1. The summed E-state index contributed by atoms with van der Waals surface area (Å²) < 4.78 is 71.3. The van der Waals surface area contributed by atoms with Crippen LogP contribution in [0.15, 0.2) is 46.2 Å². The summed E-state index contributed by atoms with van der Waals surface area (Å²) in [6.07, 6.45) is 4.59. The van der Waals surface area contributed by atoms with Crippen molar-refractivity contribution in [2.75, 3.05) is 46.6 Å². The molecule has 56 heavy (non-hydrogen) atoms. The lowest BCUT2D eigenvalue weighted by atomic mass is 9.94. The molecule has 3 aliphatic rings. The molecule has 0 amide bonds. The molecule has 0 saturated carbocycles. The zero-order valence-corrected chi connectivity index (χ0v) is 36.0. The summed E-state index contributed by atoms with van der Waals surface area (Å²) >= 11 is 0. The van der Waals surface area contributed by atoms with E-state index in [9.17, 15) is 21.6 Å². The van der Waals surface area contributed by atoms with Crippen molar-refractivity contribution in [2.24, 2.45) is 17.8 Å². The Morgan fingerprint density at radius 1 is 0.750 bits per heavy atom. The molecule has 0 aliphatic carbocycles. The standard InChI is InChI=1S/C23H33N3O5S.C17H23ClN2O3S/c1-23(2,3)22-24-19-13-18(32(28,29)25-10-7-17(15-25)21(27)30-4)5-6-20(19)26(22)14-16-8-11-31-12-9-16;1-17(2,3)16-19-14-10-13(24(18,21)22)4-5-15(14)20(16)11-12-6-8-23-9-7-12/h5-6,13,16-17H,7-12,14-15H2,1-4H3;4-5,10,12H,6-9,11H2,1-3H3. The van der Waals surface area contributed by atoms with E-state index in [0.29, 0.717) is 35.8 Å². The first-order valence-corrected chi connectivity index (χ1v) is 23.2. The number of sulfonamides is 1. The fourth-order valence-corrected chi connectivity index (χ4v) is 10.2. The number of halogens is 1. The molecule has 3 saturated heterocycles. The molecule has 13 nitrogen and oxygen atoms in total. The SMILES string of the molecule is CC(C)(C)c1nc2cc(S(=O)(=O)Cl)ccc2n1CC1CCOCC1.COC(=O)C1CCN(S(=O)(=O)c2ccc3c(c2)nc(C(C)(C)C)n3CC2CCOCC2)C1. The van der Waals surface area contributed by atoms with E-state index >= 15 is 0 Å². The minimum atomic E-state index is -3.75. The second-order valence-corrected chi connectivity index (χ2v) is 21.8. The van der Waals surface area contributed by atoms with Gasteiger partial charge in [-0.1, -0.05) is 41.5 Å². The van der Waals surface area contributed by atoms with Gasteiger partial charge in [-0.05, 0) is 80.3 Å². The molecule has 3 fully saturated rings. The lowest BCUT2D eigenvalue weighted by molar-refractivity contribution is -0.144. The average Bonchev–Trinajstić information content (AvgIpc) is 3.88. The Bertz CT molecular complexity index is 2260. The second kappa shape index (κ2) is 16.6. The molecular weight excluding hydrogens is 778 g/mol. The van der Waals surface area contributed by atoms with E-state index in [2.05, 4.69) is 50.7 Å². The van der Waals surface area contributed by atoms with Crippen LogP contribution in [0.1, 0.15) is 85.3 Å². The monoisotopic (exact) mass is 833 g/mol. The van der Waals surface area contributed by atoms with E-state index < -0.39 is 25.0 Å². The Kier molecular flexibility index (Phi) is 12.6. The fraction of sp³-hybridized carbons (Fsp3) is 0.625. The predicted octanol–water partition coefficient (Wildman–Crippen LogP) is 6.63. The highest BCUT2D eigenvalue weighted by Crippen LogP contribution is 2.33. The zero-order valence-electron chi connectivity index (χ0n) is 33.6. The molecule has 1 atom stereocenters. The van der Waals surface area contributed by atoms with Crippen LogP contribution in [0.4, 0.5) is 0 Å². The minimum absolute atomic E-state index is 0.0906. The average molecular weight is 835 g/mol. The molecule has 7 rings (SSSR count). The van der Waals surface area contributed by atoms with E-state index in [1.54, 1.807) is 24.3 Å². The van der Waals surface area contributed by atoms with Gasteiger partial charge in [-0.15, -0.1) is 0 Å². The first-order valence-electron chi connectivity index (χ1n) is 19.5. The predicted molar refractivity (Wildman–Crippen MR) is 216 cm³/mol. The largest absolute Gasteiger partial charge is 0.469 e. The first kappa shape index (κ1) is 42.5. The van der Waals surface area contributed by atoms with E-state index in [1.165, 1.54) is 11.4 Å². The summed E-state index contributed by atoms with van der Waals surface area (Å²) in [5, 5.41) is 0. The van der Waals surface area contributed by atoms with Gasteiger partial charge >= 0.3 is 5.97 Å². The number of imidazole rings is 2. The van der Waals surface area contributed by atoms with Gasteiger partial charge in [-0.2, -0.15) is 4.31 Å². The summed E-state index contributed by atoms with van der Waals surface area (Å²) in [7, 11) is -0.660. The number of fused-ring (bicyclic) bond motifs is 2. The van der Waals surface area contributed by atoms with Gasteiger partial charge < -0.3 is 23.3 Å². The van der Waals surface area contributed by atoms with Crippen LogP contribution in [-0.2, 0) is 62.0 Å². The maximum atomic E-state index is 13.3. The Morgan fingerprint density at radius 3 is 1.62 bits per heavy atom. The van der Waals surface area contributed by atoms with Crippen LogP contribution in [0.3, 0.4) is 0 Å². The number of ether oxygens (including phenoxy) is 3. The van der Waals surface area contributed by atoms with Crippen molar-refractivity contribution < 1.29 is 35.8 Å². The molecule has 0 spiro atoms. The summed E-state index contributed by atoms with van der Waals surface area (Å²) in [6, 6.07) is 10.1. The van der Waals surface area contributed by atoms with Crippen molar-refractivity contribution in [3.63, 3.8) is 0 Å². The number of benzene rings is 2. The molecule has 0 radical (unpaired) electrons. The zero-order chi connectivity index (χ0) is 40.6. The highest BCUT2D eigenvalue weighted by molar-refractivity contribution is 8.13. The van der Waals surface area contributed by atoms with Gasteiger partial charge in [0.1, 0.15) is 11.6 Å². The van der Waals surface area contributed by atoms with E-state index in [0.717, 1.165) is 87.9 Å². The molecule has 5 heterocycles. The topological polar surface area (TPSA) is 152 Å². The van der Waals surface area contributed by atoms with Gasteiger partial charge in [0.15, 0.2) is 0 Å². The van der Waals surface area contributed by atoms with Gasteiger partial charge in [0.25, 0.3) is 9.05 Å². The Hall–Kier alpha value is -3.08. The number of hydrogen-bond acceptors (Lipinski definition) is 10. The third-order valence-electron chi connectivity index (χ3n) is 10.9. The van der Waals surface area contributed by atoms with E-state index in [1.807, 2.05) is 12.1 Å². The van der Waals surface area contributed by atoms with Gasteiger partial charge in [0, 0.05) is 74.1 Å². The van der Waals surface area contributed by atoms with Crippen molar-refractivity contribution >= 4 is 57.8 Å². The lowest BCUT2D eigenvalue weighted by Gasteiger charge is -2.26. The third-order valence-corrected chi connectivity index (χ3v) is 14.2. The van der Waals surface area contributed by atoms with Crippen molar-refractivity contribution in [3.05, 3.63) is 48.0 Å². The van der Waals surface area contributed by atoms with Crippen molar-refractivity contribution in [1.29, 1.82) is 0 Å². The molecular formula is C40H56ClN5O8S2. The number of hydrogen-bond donors (Lipinski definition) is 0. The molecule has 0 bridgehead atoms. The smallest absolute Gasteiger partial charge is 0.310 e. The van der Waals surface area contributed by atoms with Crippen LogP contribution in [0, 0.1) is 17.8 Å². The quantitative estimate of drug-likeness (QED) is 0.140. The Balaban J connectivity index is 0.000000198. The first-order chi connectivity index (χ1) is 26.3. The molecule has 2 aromatic heterocycles. The highest BCUT2D eigenvalue weighted by Gasteiger charge is 2.37. The van der Waals surface area contributed by atoms with Crippen LogP contribution >= 0.6 is 10.7 Å². The van der Waals surface area contributed by atoms with Crippen LogP contribution in [-0.4, -0.2) is 92.8 Å². The van der Waals surface area contributed by atoms with Gasteiger partial charge in [-0.3, -0.25) is 4.79 Å². The summed E-state index contributed by atoms with van der Waals surface area (Å²) in [6.45, 7) is 18.1. The molecule has 0 N–H and O–H groups in total. The van der Waals surface area contributed by atoms with E-state index in [4.69, 9.17) is 34.9 Å². The normalized spacial score (nSPS) is 19.7. The van der Waals surface area contributed by atoms with Gasteiger partial charge in [0.05, 0.1) is 44.9 Å². The van der Waals surface area contributed by atoms with Crippen LogP contribution in [0.25, 0.3) is 22.1 Å². The van der Waals surface area contributed by atoms with Crippen LogP contribution < -0.4 is 0 Å². The van der Waals surface area contributed by atoms with Crippen LogP contribution in [0.5, 0.6) is 0 Å². The van der Waals surface area contributed by atoms with Crippen LogP contribution in [0.2, 0.25) is 0 Å². The Labute approximate surface area is 335 Å². The van der Waals surface area contributed by atoms with E-state index in [-0.39, 0.29) is 33.1 Å². The molecule has 1 unspecified atom stereocenters. The minimum Gasteiger partial charge on any atom is -0.469 e. The summed E-state index contributed by atoms with van der Waals surface area (Å²) in [5.41, 5.74) is 2.96. The maximum Gasteiger partial charge on any atom is 0.310 e. The molecule has 308 valence electrons. The van der Waals surface area contributed by atoms with Crippen molar-refractivity contribution in [3.8, 4) is 0 Å². The number of methoxy groups -OCH3 is 1. The van der Waals surface area contributed by atoms with Crippen molar-refractivity contribution in [2.45, 2.75) is 107 Å². The van der Waals surface area contributed by atoms with Gasteiger partial charge in [0.2, 0.25) is 10.0 Å². The number of aromatic nitrogens is 4. The van der Waals surface area contributed by atoms with Gasteiger partial charge in [-0.25, -0.2) is 26.8 Å². The number of carbonyl (C=O) groups is 1. The lowest BCUT2D eigenvalue weighted by Crippen LogP contribution is -2.30. The molecule has 2 aromatic carbocycles. The summed E-state index contributed by atoms with van der Waals surface area (Å²) in [5.74, 6) is 2.22. The summed E-state index contributed by atoms with van der Waals surface area (Å²) in [4.78, 5) is 21.7. The number of esters is 1. The van der Waals surface area contributed by atoms with Crippen molar-refractivity contribution in [1.82, 2.24) is 23.4 Å². The highest BCUT2D eigenvalue weighted by atomic mass is 35.7. The number of nitrogens with zero attached hydrogens (tertiary/aromatic N) is 5. The number of rotatable bonds is 8. The molecule has 16 heteroatoms. The maximum absolute atomic E-state index is 13.3. The molecule has 3 aliphatic heterocycles. The fourth-order valence-electron chi connectivity index (χ4n) is 7.88. The third kappa shape index (κ3) is 9.44. The molecule has 4 aromatic rings. The second-order valence-electron chi connectivity index (χ2n) is 17.3.